The van der Waals surface area contributed by atoms with Crippen LogP contribution >= 0.6 is 0 Å². The molecule has 0 saturated heterocycles. The summed E-state index contributed by atoms with van der Waals surface area (Å²) >= 11 is 0. The first-order valence-corrected chi connectivity index (χ1v) is 12.6. The number of hydrogen-bond acceptors (Lipinski definition) is 6. The number of hydrogen-bond donors (Lipinski definition) is 0. The zero-order chi connectivity index (χ0) is 26.5. The second-order valence-corrected chi connectivity index (χ2v) is 9.53. The number of ether oxygens (including phenoxy) is 3. The lowest BCUT2D eigenvalue weighted by molar-refractivity contribution is -0.144. The van der Waals surface area contributed by atoms with Crippen molar-refractivity contribution in [2.45, 2.75) is 38.7 Å². The number of carbonyl (C=O) groups excluding carboxylic acids is 2. The predicted octanol–water partition coefficient (Wildman–Crippen LogP) is 6.37. The van der Waals surface area contributed by atoms with Gasteiger partial charge in [-0.2, -0.15) is 0 Å². The summed E-state index contributed by atoms with van der Waals surface area (Å²) in [5.74, 6) is 0.915. The van der Waals surface area contributed by atoms with E-state index >= 15 is 0 Å². The summed E-state index contributed by atoms with van der Waals surface area (Å²) in [6.07, 6.45) is 4.37. The summed E-state index contributed by atoms with van der Waals surface area (Å²) in [7, 11) is 1.53. The van der Waals surface area contributed by atoms with Crippen molar-refractivity contribution in [3.63, 3.8) is 0 Å². The van der Waals surface area contributed by atoms with E-state index in [2.05, 4.69) is 4.98 Å². The van der Waals surface area contributed by atoms with Gasteiger partial charge in [-0.3, -0.25) is 14.6 Å². The lowest BCUT2D eigenvalue weighted by Gasteiger charge is -2.14. The Balaban J connectivity index is 1.33. The molecule has 1 aliphatic carbocycles. The van der Waals surface area contributed by atoms with Gasteiger partial charge in [0.15, 0.2) is 0 Å². The zero-order valence-corrected chi connectivity index (χ0v) is 21.1. The highest BCUT2D eigenvalue weighted by Gasteiger charge is 2.24. The van der Waals surface area contributed by atoms with Crippen molar-refractivity contribution >= 4 is 22.7 Å². The predicted molar refractivity (Wildman–Crippen MR) is 141 cm³/mol. The molecule has 4 aromatic rings. The van der Waals surface area contributed by atoms with E-state index in [0.717, 1.165) is 18.4 Å². The Morgan fingerprint density at radius 2 is 1.76 bits per heavy atom. The third-order valence-corrected chi connectivity index (χ3v) is 6.53. The lowest BCUT2D eigenvalue weighted by atomic mass is 10.0. The Kier molecular flexibility index (Phi) is 7.63. The molecular formula is C31H28FNO5. The largest absolute Gasteiger partial charge is 0.496 e. The van der Waals surface area contributed by atoms with E-state index in [0.29, 0.717) is 51.6 Å². The van der Waals surface area contributed by atoms with Crippen LogP contribution in [0.3, 0.4) is 0 Å². The number of ketones is 1. The zero-order valence-electron chi connectivity index (χ0n) is 21.1. The summed E-state index contributed by atoms with van der Waals surface area (Å²) in [6, 6.07) is 19.2. The Morgan fingerprint density at radius 1 is 0.947 bits per heavy atom. The number of carbonyl (C=O) groups is 2. The molecule has 0 radical (unpaired) electrons. The van der Waals surface area contributed by atoms with Gasteiger partial charge < -0.3 is 14.2 Å². The summed E-state index contributed by atoms with van der Waals surface area (Å²) in [5, 5.41) is 0.642. The van der Waals surface area contributed by atoms with Gasteiger partial charge in [-0.25, -0.2) is 4.39 Å². The molecule has 0 bridgehead atoms. The molecule has 7 heteroatoms. The normalized spacial score (nSPS) is 12.8. The van der Waals surface area contributed by atoms with Crippen molar-refractivity contribution in [2.75, 3.05) is 7.11 Å². The molecule has 3 aromatic carbocycles. The number of aromatic nitrogens is 1. The number of rotatable bonds is 11. The van der Waals surface area contributed by atoms with E-state index in [1.807, 2.05) is 30.3 Å². The standard InChI is InChI=1S/C31H28FNO5/c1-36-30-18-28-26(15-23(30)16-31(35)37-19-21-5-3-2-4-6-21)29(11-12-33-28)38-25-10-9-22(27(32)17-25)14-24(34)13-20-7-8-20/h2-6,9-12,15,17-18,20H,7-8,13-14,16,19H2,1H3. The van der Waals surface area contributed by atoms with Crippen LogP contribution in [0.2, 0.25) is 0 Å². The minimum absolute atomic E-state index is 0.00150. The first-order valence-electron chi connectivity index (χ1n) is 12.6. The molecule has 0 aliphatic heterocycles. The molecule has 1 aromatic heterocycles. The molecule has 0 atom stereocenters. The Morgan fingerprint density at radius 3 is 2.50 bits per heavy atom. The van der Waals surface area contributed by atoms with Crippen LogP contribution in [0.5, 0.6) is 17.2 Å². The van der Waals surface area contributed by atoms with Crippen molar-refractivity contribution in [1.82, 2.24) is 4.98 Å². The minimum Gasteiger partial charge on any atom is -0.496 e. The highest BCUT2D eigenvalue weighted by molar-refractivity contribution is 5.89. The van der Waals surface area contributed by atoms with Gasteiger partial charge in [-0.15, -0.1) is 0 Å². The number of fused-ring (bicyclic) bond motifs is 1. The van der Waals surface area contributed by atoms with E-state index in [9.17, 15) is 14.0 Å². The molecule has 1 heterocycles. The number of Topliss-reactive ketones (excluding diaryl/α,β-unsaturated/α-hetero) is 1. The molecule has 0 spiro atoms. The van der Waals surface area contributed by atoms with Gasteiger partial charge in [0, 0.05) is 42.1 Å². The van der Waals surface area contributed by atoms with E-state index < -0.39 is 11.8 Å². The molecule has 0 unspecified atom stereocenters. The van der Waals surface area contributed by atoms with Gasteiger partial charge in [0.1, 0.15) is 35.5 Å². The smallest absolute Gasteiger partial charge is 0.310 e. The van der Waals surface area contributed by atoms with E-state index in [-0.39, 0.29) is 25.2 Å². The number of methoxy groups -OCH3 is 1. The third-order valence-electron chi connectivity index (χ3n) is 6.53. The van der Waals surface area contributed by atoms with Crippen LogP contribution in [0, 0.1) is 11.7 Å². The SMILES string of the molecule is COc1cc2nccc(Oc3ccc(CC(=O)CC4CC4)c(F)c3)c2cc1CC(=O)OCc1ccccc1. The minimum atomic E-state index is -0.478. The van der Waals surface area contributed by atoms with Gasteiger partial charge in [0.05, 0.1) is 19.0 Å². The average molecular weight is 514 g/mol. The highest BCUT2D eigenvalue weighted by atomic mass is 19.1. The average Bonchev–Trinajstić information content (AvgIpc) is 3.73. The topological polar surface area (TPSA) is 74.7 Å². The number of esters is 1. The number of halogens is 1. The van der Waals surface area contributed by atoms with Crippen LogP contribution < -0.4 is 9.47 Å². The van der Waals surface area contributed by atoms with Gasteiger partial charge in [0.2, 0.25) is 0 Å². The lowest BCUT2D eigenvalue weighted by Crippen LogP contribution is -2.09. The summed E-state index contributed by atoms with van der Waals surface area (Å²) < 4.78 is 31.7. The fourth-order valence-electron chi connectivity index (χ4n) is 4.35. The molecular weight excluding hydrogens is 485 g/mol. The second kappa shape index (κ2) is 11.4. The molecule has 1 aliphatic rings. The molecule has 0 amide bonds. The van der Waals surface area contributed by atoms with Crippen molar-refractivity contribution in [3.8, 4) is 17.2 Å². The summed E-state index contributed by atoms with van der Waals surface area (Å²) in [5.41, 5.74) is 2.48. The van der Waals surface area contributed by atoms with Crippen molar-refractivity contribution in [1.29, 1.82) is 0 Å². The van der Waals surface area contributed by atoms with Crippen LogP contribution in [0.25, 0.3) is 10.9 Å². The van der Waals surface area contributed by atoms with Gasteiger partial charge >= 0.3 is 5.97 Å². The molecule has 6 nitrogen and oxygen atoms in total. The summed E-state index contributed by atoms with van der Waals surface area (Å²) in [6.45, 7) is 0.180. The molecule has 0 N–H and O–H groups in total. The number of benzene rings is 3. The maximum Gasteiger partial charge on any atom is 0.310 e. The van der Waals surface area contributed by atoms with Crippen LogP contribution in [0.4, 0.5) is 4.39 Å². The Hall–Kier alpha value is -4.26. The van der Waals surface area contributed by atoms with Crippen molar-refractivity contribution in [3.05, 3.63) is 95.4 Å². The number of pyridine rings is 1. The molecule has 38 heavy (non-hydrogen) atoms. The first-order chi connectivity index (χ1) is 18.5. The second-order valence-electron chi connectivity index (χ2n) is 9.53. The van der Waals surface area contributed by atoms with Crippen LogP contribution in [-0.2, 0) is 33.8 Å². The number of nitrogens with zero attached hydrogens (tertiary/aromatic N) is 1. The Labute approximate surface area is 220 Å². The van der Waals surface area contributed by atoms with Crippen LogP contribution in [-0.4, -0.2) is 23.8 Å². The van der Waals surface area contributed by atoms with E-state index in [1.54, 1.807) is 36.5 Å². The third kappa shape index (κ3) is 6.35. The van der Waals surface area contributed by atoms with Crippen molar-refractivity contribution < 1.29 is 28.2 Å². The molecule has 194 valence electrons. The van der Waals surface area contributed by atoms with Gasteiger partial charge in [0.25, 0.3) is 0 Å². The fraction of sp³-hybridized carbons (Fsp3) is 0.258. The highest BCUT2D eigenvalue weighted by Crippen LogP contribution is 2.35. The van der Waals surface area contributed by atoms with E-state index in [4.69, 9.17) is 14.2 Å². The molecule has 1 fully saturated rings. The van der Waals surface area contributed by atoms with E-state index in [1.165, 1.54) is 13.2 Å². The Bertz CT molecular complexity index is 1470. The van der Waals surface area contributed by atoms with Crippen molar-refractivity contribution in [2.24, 2.45) is 5.92 Å². The van der Waals surface area contributed by atoms with Crippen LogP contribution in [0.1, 0.15) is 36.0 Å². The summed E-state index contributed by atoms with van der Waals surface area (Å²) in [4.78, 5) is 29.1. The first kappa shape index (κ1) is 25.4. The van der Waals surface area contributed by atoms with Crippen LogP contribution in [0.15, 0.2) is 72.9 Å². The molecule has 1 saturated carbocycles. The maximum atomic E-state index is 14.8. The maximum absolute atomic E-state index is 14.8. The van der Waals surface area contributed by atoms with Gasteiger partial charge in [-0.05, 0) is 48.1 Å². The van der Waals surface area contributed by atoms with Gasteiger partial charge in [-0.1, -0.05) is 36.4 Å². The molecule has 5 rings (SSSR count). The fourth-order valence-corrected chi connectivity index (χ4v) is 4.35. The monoisotopic (exact) mass is 513 g/mol. The quantitative estimate of drug-likeness (QED) is 0.217.